The summed E-state index contributed by atoms with van der Waals surface area (Å²) in [6.45, 7) is 5.50. The van der Waals surface area contributed by atoms with Crippen molar-refractivity contribution in [2.75, 3.05) is 31.6 Å². The highest BCUT2D eigenvalue weighted by atomic mass is 32.2. The monoisotopic (exact) mass is 408 g/mol. The van der Waals surface area contributed by atoms with E-state index >= 15 is 0 Å². The Kier molecular flexibility index (Phi) is 4.12. The molecular formula is C23H24N2O3S. The molecule has 0 bridgehead atoms. The first-order chi connectivity index (χ1) is 13.9. The molecule has 0 saturated heterocycles. The molecule has 0 fully saturated rings. The third kappa shape index (κ3) is 2.74. The molecule has 29 heavy (non-hydrogen) atoms. The standard InChI is InChI=1S/C23H24N2O3S/c1-15-11-20-19-5-4-6-21-23(19)16(12-22(20)24(2)13-15)14-25(21)29(26,27)18-9-7-17(28-3)8-10-18/h4-11,16,22H,1,12-14H2,2-3H3/t16-,22-/m1/s1. The summed E-state index contributed by atoms with van der Waals surface area (Å²) in [6, 6.07) is 12.9. The number of benzene rings is 2. The van der Waals surface area contributed by atoms with E-state index in [1.165, 1.54) is 11.1 Å². The van der Waals surface area contributed by atoms with E-state index < -0.39 is 10.0 Å². The fourth-order valence-electron chi connectivity index (χ4n) is 5.00. The van der Waals surface area contributed by atoms with Crippen LogP contribution in [0.1, 0.15) is 23.5 Å². The molecule has 6 heteroatoms. The first-order valence-corrected chi connectivity index (χ1v) is 11.2. The van der Waals surface area contributed by atoms with Crippen LogP contribution in [0.2, 0.25) is 0 Å². The fraction of sp³-hybridized carbons (Fsp3) is 0.304. The number of hydrogen-bond donors (Lipinski definition) is 0. The Labute approximate surface area is 172 Å². The number of methoxy groups -OCH3 is 1. The zero-order valence-electron chi connectivity index (χ0n) is 16.6. The number of fused-ring (bicyclic) bond motifs is 2. The molecule has 2 heterocycles. The number of rotatable bonds is 3. The topological polar surface area (TPSA) is 49.9 Å². The molecule has 2 atom stereocenters. The van der Waals surface area contributed by atoms with Crippen LogP contribution in [0.25, 0.3) is 5.57 Å². The van der Waals surface area contributed by atoms with Crippen LogP contribution in [0.5, 0.6) is 5.75 Å². The maximum absolute atomic E-state index is 13.5. The number of ether oxygens (including phenoxy) is 1. The van der Waals surface area contributed by atoms with Crippen molar-refractivity contribution >= 4 is 21.3 Å². The van der Waals surface area contributed by atoms with Gasteiger partial charge in [0.05, 0.1) is 17.7 Å². The number of anilines is 1. The highest BCUT2D eigenvalue weighted by molar-refractivity contribution is 7.92. The molecule has 2 aliphatic heterocycles. The van der Waals surface area contributed by atoms with Crippen molar-refractivity contribution in [1.82, 2.24) is 4.90 Å². The summed E-state index contributed by atoms with van der Waals surface area (Å²) < 4.78 is 33.7. The van der Waals surface area contributed by atoms with Gasteiger partial charge in [0.1, 0.15) is 5.75 Å². The minimum atomic E-state index is -3.64. The summed E-state index contributed by atoms with van der Waals surface area (Å²) in [5, 5.41) is 0. The first kappa shape index (κ1) is 18.5. The quantitative estimate of drug-likeness (QED) is 0.778. The second-order valence-corrected chi connectivity index (χ2v) is 9.93. The van der Waals surface area contributed by atoms with Crippen LogP contribution in [0.15, 0.2) is 65.6 Å². The maximum atomic E-state index is 13.5. The van der Waals surface area contributed by atoms with Crippen LogP contribution in [0.3, 0.4) is 0 Å². The zero-order valence-corrected chi connectivity index (χ0v) is 17.4. The Balaban J connectivity index is 1.60. The van der Waals surface area contributed by atoms with Crippen molar-refractivity contribution in [2.24, 2.45) is 0 Å². The van der Waals surface area contributed by atoms with E-state index in [1.807, 2.05) is 12.1 Å². The van der Waals surface area contributed by atoms with Crippen LogP contribution >= 0.6 is 0 Å². The molecule has 3 aliphatic rings. The van der Waals surface area contributed by atoms with Crippen molar-refractivity contribution in [3.63, 3.8) is 0 Å². The van der Waals surface area contributed by atoms with E-state index in [0.717, 1.165) is 29.8 Å². The predicted octanol–water partition coefficient (Wildman–Crippen LogP) is 3.65. The van der Waals surface area contributed by atoms with Crippen molar-refractivity contribution in [2.45, 2.75) is 23.3 Å². The van der Waals surface area contributed by atoms with E-state index in [9.17, 15) is 8.42 Å². The number of hydrogen-bond acceptors (Lipinski definition) is 4. The number of likely N-dealkylation sites (N-methyl/N-ethyl adjacent to an activating group) is 1. The molecule has 150 valence electrons. The minimum Gasteiger partial charge on any atom is -0.497 e. The Bertz CT molecular complexity index is 1140. The van der Waals surface area contributed by atoms with Gasteiger partial charge in [-0.05, 0) is 66.1 Å². The largest absolute Gasteiger partial charge is 0.497 e. The zero-order chi connectivity index (χ0) is 20.3. The smallest absolute Gasteiger partial charge is 0.264 e. The third-order valence-electron chi connectivity index (χ3n) is 6.32. The molecule has 5 nitrogen and oxygen atoms in total. The molecule has 0 unspecified atom stereocenters. The fourth-order valence-corrected chi connectivity index (χ4v) is 6.53. The minimum absolute atomic E-state index is 0.199. The molecule has 5 rings (SSSR count). The predicted molar refractivity (Wildman–Crippen MR) is 115 cm³/mol. The molecule has 2 aromatic carbocycles. The van der Waals surface area contributed by atoms with Gasteiger partial charge in [-0.15, -0.1) is 0 Å². The summed E-state index contributed by atoms with van der Waals surface area (Å²) in [6.07, 6.45) is 3.12. The molecule has 0 N–H and O–H groups in total. The molecule has 0 spiro atoms. The van der Waals surface area contributed by atoms with E-state index in [2.05, 4.69) is 30.7 Å². The van der Waals surface area contributed by atoms with Crippen molar-refractivity contribution in [1.29, 1.82) is 0 Å². The second-order valence-electron chi connectivity index (χ2n) is 8.07. The summed E-state index contributed by atoms with van der Waals surface area (Å²) in [5.74, 6) is 0.841. The van der Waals surface area contributed by atoms with Gasteiger partial charge >= 0.3 is 0 Å². The highest BCUT2D eigenvalue weighted by Gasteiger charge is 2.44. The molecule has 0 radical (unpaired) electrons. The van der Waals surface area contributed by atoms with Crippen LogP contribution in [-0.4, -0.2) is 46.6 Å². The van der Waals surface area contributed by atoms with Gasteiger partial charge in [0.2, 0.25) is 0 Å². The average Bonchev–Trinajstić information content (AvgIpc) is 3.10. The highest BCUT2D eigenvalue weighted by Crippen LogP contribution is 2.51. The Morgan fingerprint density at radius 2 is 1.90 bits per heavy atom. The van der Waals surface area contributed by atoms with Gasteiger partial charge in [0.15, 0.2) is 0 Å². The van der Waals surface area contributed by atoms with Crippen molar-refractivity contribution < 1.29 is 13.2 Å². The maximum Gasteiger partial charge on any atom is 0.264 e. The summed E-state index contributed by atoms with van der Waals surface area (Å²) in [4.78, 5) is 2.62. The van der Waals surface area contributed by atoms with Gasteiger partial charge in [-0.1, -0.05) is 24.8 Å². The third-order valence-corrected chi connectivity index (χ3v) is 8.11. The molecule has 0 saturated carbocycles. The van der Waals surface area contributed by atoms with E-state index in [1.54, 1.807) is 35.7 Å². The Morgan fingerprint density at radius 1 is 1.14 bits per heavy atom. The first-order valence-electron chi connectivity index (χ1n) is 9.80. The molecule has 0 aromatic heterocycles. The lowest BCUT2D eigenvalue weighted by Gasteiger charge is -2.40. The number of nitrogens with zero attached hydrogens (tertiary/aromatic N) is 2. The van der Waals surface area contributed by atoms with E-state index in [0.29, 0.717) is 18.3 Å². The van der Waals surface area contributed by atoms with Crippen molar-refractivity contribution in [3.05, 3.63) is 71.8 Å². The molecule has 2 aromatic rings. The normalized spacial score (nSPS) is 23.4. The molecule has 1 aliphatic carbocycles. The lowest BCUT2D eigenvalue weighted by atomic mass is 9.75. The number of sulfonamides is 1. The summed E-state index contributed by atoms with van der Waals surface area (Å²) in [7, 11) is 0.0556. The van der Waals surface area contributed by atoms with Crippen LogP contribution in [0, 0.1) is 0 Å². The Morgan fingerprint density at radius 3 is 2.62 bits per heavy atom. The summed E-state index contributed by atoms with van der Waals surface area (Å²) in [5.41, 5.74) is 5.50. The van der Waals surface area contributed by atoms with E-state index in [4.69, 9.17) is 4.74 Å². The lowest BCUT2D eigenvalue weighted by Crippen LogP contribution is -2.40. The van der Waals surface area contributed by atoms with Crippen LogP contribution in [0.4, 0.5) is 5.69 Å². The van der Waals surface area contributed by atoms with Crippen molar-refractivity contribution in [3.8, 4) is 5.75 Å². The van der Waals surface area contributed by atoms with Gasteiger partial charge < -0.3 is 4.74 Å². The Hall–Kier alpha value is -2.57. The summed E-state index contributed by atoms with van der Waals surface area (Å²) >= 11 is 0. The van der Waals surface area contributed by atoms with Crippen LogP contribution < -0.4 is 9.04 Å². The average molecular weight is 409 g/mol. The van der Waals surface area contributed by atoms with Crippen LogP contribution in [-0.2, 0) is 10.0 Å². The van der Waals surface area contributed by atoms with Gasteiger partial charge in [0.25, 0.3) is 10.0 Å². The van der Waals surface area contributed by atoms with Gasteiger partial charge in [0, 0.05) is 25.0 Å². The van der Waals surface area contributed by atoms with Gasteiger partial charge in [-0.2, -0.15) is 0 Å². The van der Waals surface area contributed by atoms with Gasteiger partial charge in [-0.25, -0.2) is 8.42 Å². The van der Waals surface area contributed by atoms with Gasteiger partial charge in [-0.3, -0.25) is 9.21 Å². The SMILES string of the molecule is C=C1C=C2c3cccc4c3[C@H](C[C@H]2N(C)C1)CN4S(=O)(=O)c1ccc(OC)cc1. The van der Waals surface area contributed by atoms with E-state index in [-0.39, 0.29) is 10.8 Å². The second kappa shape index (κ2) is 6.47. The molecular weight excluding hydrogens is 384 g/mol. The molecule has 0 amide bonds. The lowest BCUT2D eigenvalue weighted by molar-refractivity contribution is 0.279.